The van der Waals surface area contributed by atoms with E-state index in [0.717, 1.165) is 0 Å². The van der Waals surface area contributed by atoms with Crippen molar-refractivity contribution in [3.63, 3.8) is 0 Å². The van der Waals surface area contributed by atoms with Crippen LogP contribution in [0.25, 0.3) is 108 Å². The molecule has 256 valence electrons. The van der Waals surface area contributed by atoms with Crippen LogP contribution in [0, 0.1) is 0 Å². The molecule has 9 aromatic carbocycles. The Bertz CT molecular complexity index is 3470. The molecule has 0 bridgehead atoms. The average molecular weight is 717 g/mol. The minimum absolute atomic E-state index is 1.17. The third kappa shape index (κ3) is 4.48. The summed E-state index contributed by atoms with van der Waals surface area (Å²) in [6.45, 7) is 0. The summed E-state index contributed by atoms with van der Waals surface area (Å²) in [7, 11) is 0. The van der Waals surface area contributed by atoms with E-state index in [9.17, 15) is 0 Å². The molecule has 0 N–H and O–H groups in total. The third-order valence-electron chi connectivity index (χ3n) is 11.5. The Morgan fingerprint density at radius 1 is 0.309 bits per heavy atom. The zero-order chi connectivity index (χ0) is 36.0. The van der Waals surface area contributed by atoms with Crippen molar-refractivity contribution in [1.82, 2.24) is 9.13 Å². The van der Waals surface area contributed by atoms with E-state index in [1.807, 2.05) is 11.3 Å². The van der Waals surface area contributed by atoms with E-state index >= 15 is 0 Å². The molecule has 12 rings (SSSR count). The second-order valence-electron chi connectivity index (χ2n) is 14.5. The topological polar surface area (TPSA) is 9.86 Å². The second-order valence-corrected chi connectivity index (χ2v) is 15.5. The molecule has 0 fully saturated rings. The Kier molecular flexibility index (Phi) is 6.54. The Morgan fingerprint density at radius 2 is 0.873 bits per heavy atom. The van der Waals surface area contributed by atoms with Crippen LogP contribution < -0.4 is 0 Å². The van der Waals surface area contributed by atoms with Crippen LogP contribution >= 0.6 is 11.3 Å². The largest absolute Gasteiger partial charge is 0.309 e. The van der Waals surface area contributed by atoms with Gasteiger partial charge in [-0.2, -0.15) is 0 Å². The first-order chi connectivity index (χ1) is 27.3. The summed E-state index contributed by atoms with van der Waals surface area (Å²) in [6.07, 6.45) is 0. The zero-order valence-corrected chi connectivity index (χ0v) is 30.6. The van der Waals surface area contributed by atoms with Crippen molar-refractivity contribution < 1.29 is 0 Å². The highest BCUT2D eigenvalue weighted by molar-refractivity contribution is 7.26. The Morgan fingerprint density at radius 3 is 1.65 bits per heavy atom. The van der Waals surface area contributed by atoms with Crippen LogP contribution in [0.1, 0.15) is 0 Å². The number of nitrogens with zero attached hydrogens (tertiary/aromatic N) is 2. The lowest BCUT2D eigenvalue weighted by atomic mass is 9.94. The van der Waals surface area contributed by atoms with E-state index in [-0.39, 0.29) is 0 Å². The van der Waals surface area contributed by atoms with Crippen molar-refractivity contribution in [2.75, 3.05) is 0 Å². The Hall–Kier alpha value is -6.94. The van der Waals surface area contributed by atoms with Gasteiger partial charge in [0.2, 0.25) is 0 Å². The van der Waals surface area contributed by atoms with E-state index in [1.165, 1.54) is 108 Å². The van der Waals surface area contributed by atoms with Crippen LogP contribution in [0.5, 0.6) is 0 Å². The highest BCUT2D eigenvalue weighted by Gasteiger charge is 2.20. The number of hydrogen-bond donors (Lipinski definition) is 0. The van der Waals surface area contributed by atoms with Crippen molar-refractivity contribution in [2.24, 2.45) is 0 Å². The number of aromatic nitrogens is 2. The van der Waals surface area contributed by atoms with Crippen LogP contribution in [0.2, 0.25) is 0 Å². The normalized spacial score (nSPS) is 12.0. The molecule has 0 atom stereocenters. The van der Waals surface area contributed by atoms with Crippen LogP contribution in [-0.2, 0) is 0 Å². The molecule has 0 amide bonds. The molecule has 2 nitrogen and oxygen atoms in total. The quantitative estimate of drug-likeness (QED) is 0.172. The maximum atomic E-state index is 2.43. The number of fused-ring (bicyclic) bond motifs is 11. The van der Waals surface area contributed by atoms with E-state index in [4.69, 9.17) is 0 Å². The lowest BCUT2D eigenvalue weighted by molar-refractivity contribution is 1.18. The SMILES string of the molecule is c1ccc(-n2c3ccccc3c3c(-c4cccc5sc6ccc(-c7ccc8c(c7)c7c9ccccc9ccc7n8-c7ccccc7)cc6c45)cccc32)cc1. The molecular formula is C52H32N2S. The van der Waals surface area contributed by atoms with Gasteiger partial charge in [0.25, 0.3) is 0 Å². The first kappa shape index (κ1) is 30.5. The molecule has 0 aliphatic rings. The molecule has 0 saturated carbocycles. The number of thiophene rings is 1. The molecule has 0 saturated heterocycles. The molecule has 0 radical (unpaired) electrons. The molecule has 55 heavy (non-hydrogen) atoms. The van der Waals surface area contributed by atoms with Crippen molar-refractivity contribution in [3.05, 3.63) is 194 Å². The summed E-state index contributed by atoms with van der Waals surface area (Å²) in [5.74, 6) is 0. The first-order valence-corrected chi connectivity index (χ1v) is 19.7. The predicted molar refractivity (Wildman–Crippen MR) is 236 cm³/mol. The summed E-state index contributed by atoms with van der Waals surface area (Å²) in [4.78, 5) is 0. The first-order valence-electron chi connectivity index (χ1n) is 18.9. The lowest BCUT2D eigenvalue weighted by Gasteiger charge is -2.10. The van der Waals surface area contributed by atoms with Crippen molar-refractivity contribution in [1.29, 1.82) is 0 Å². The lowest BCUT2D eigenvalue weighted by Crippen LogP contribution is -1.93. The van der Waals surface area contributed by atoms with Gasteiger partial charge >= 0.3 is 0 Å². The van der Waals surface area contributed by atoms with Crippen LogP contribution in [-0.4, -0.2) is 9.13 Å². The summed E-state index contributed by atoms with van der Waals surface area (Å²) >= 11 is 1.88. The Balaban J connectivity index is 1.10. The molecule has 3 heteroatoms. The maximum Gasteiger partial charge on any atom is 0.0547 e. The van der Waals surface area contributed by atoms with E-state index in [1.54, 1.807) is 0 Å². The van der Waals surface area contributed by atoms with Gasteiger partial charge in [0.15, 0.2) is 0 Å². The fourth-order valence-corrected chi connectivity index (χ4v) is 10.3. The summed E-state index contributed by atoms with van der Waals surface area (Å²) in [6, 6.07) is 71.4. The second kappa shape index (κ2) is 11.8. The van der Waals surface area contributed by atoms with Gasteiger partial charge in [-0.05, 0) is 106 Å². The molecular weight excluding hydrogens is 685 g/mol. The van der Waals surface area contributed by atoms with Gasteiger partial charge in [-0.1, -0.05) is 121 Å². The van der Waals surface area contributed by atoms with E-state index in [0.29, 0.717) is 0 Å². The third-order valence-corrected chi connectivity index (χ3v) is 12.6. The molecule has 3 aromatic heterocycles. The molecule has 0 aliphatic carbocycles. The smallest absolute Gasteiger partial charge is 0.0547 e. The van der Waals surface area contributed by atoms with Gasteiger partial charge in [0.1, 0.15) is 0 Å². The zero-order valence-electron chi connectivity index (χ0n) is 29.8. The van der Waals surface area contributed by atoms with Crippen LogP contribution in [0.15, 0.2) is 194 Å². The standard InChI is InChI=1S/C52H32N2S/c1-3-14-36(15-4-1)53-44-22-10-9-19-41(44)51-39(20-11-23-46(51)53)40-21-12-24-49-52(40)43-32-35(27-30-48(43)55-49)34-26-28-45-42(31-34)50-38-18-8-7-13-33(38)25-29-47(50)54(45)37-16-5-2-6-17-37/h1-32H. The predicted octanol–water partition coefficient (Wildman–Crippen LogP) is 14.7. The number of benzene rings is 9. The molecule has 3 heterocycles. The number of hydrogen-bond acceptors (Lipinski definition) is 1. The van der Waals surface area contributed by atoms with Gasteiger partial charge in [-0.25, -0.2) is 0 Å². The summed E-state index contributed by atoms with van der Waals surface area (Å²) in [5, 5.41) is 10.3. The fraction of sp³-hybridized carbons (Fsp3) is 0. The highest BCUT2D eigenvalue weighted by Crippen LogP contribution is 2.46. The van der Waals surface area contributed by atoms with Gasteiger partial charge in [0, 0.05) is 53.1 Å². The monoisotopic (exact) mass is 716 g/mol. The van der Waals surface area contributed by atoms with Crippen LogP contribution in [0.4, 0.5) is 0 Å². The minimum atomic E-state index is 1.17. The average Bonchev–Trinajstić information content (AvgIpc) is 3.91. The number of rotatable bonds is 4. The van der Waals surface area contributed by atoms with Crippen molar-refractivity contribution in [2.45, 2.75) is 0 Å². The highest BCUT2D eigenvalue weighted by atomic mass is 32.1. The fourth-order valence-electron chi connectivity index (χ4n) is 9.16. The van der Waals surface area contributed by atoms with Crippen molar-refractivity contribution in [3.8, 4) is 33.6 Å². The molecule has 0 aliphatic heterocycles. The minimum Gasteiger partial charge on any atom is -0.309 e. The van der Waals surface area contributed by atoms with Crippen molar-refractivity contribution >= 4 is 85.9 Å². The summed E-state index contributed by atoms with van der Waals surface area (Å²) in [5.41, 5.74) is 12.2. The number of para-hydroxylation sites is 3. The molecule has 0 spiro atoms. The molecule has 0 unspecified atom stereocenters. The van der Waals surface area contributed by atoms with E-state index in [2.05, 4.69) is 203 Å². The summed E-state index contributed by atoms with van der Waals surface area (Å²) < 4.78 is 7.43. The van der Waals surface area contributed by atoms with Crippen LogP contribution in [0.3, 0.4) is 0 Å². The van der Waals surface area contributed by atoms with Gasteiger partial charge in [0.05, 0.1) is 22.1 Å². The molecule has 12 aromatic rings. The van der Waals surface area contributed by atoms with Gasteiger partial charge in [-0.3, -0.25) is 0 Å². The maximum absolute atomic E-state index is 2.43. The van der Waals surface area contributed by atoms with Gasteiger partial charge in [-0.15, -0.1) is 11.3 Å². The van der Waals surface area contributed by atoms with Gasteiger partial charge < -0.3 is 9.13 Å². The Labute approximate surface area is 321 Å². The van der Waals surface area contributed by atoms with E-state index < -0.39 is 0 Å².